The molecule has 2 aliphatic rings. The fourth-order valence-electron chi connectivity index (χ4n) is 4.15. The van der Waals surface area contributed by atoms with E-state index in [0.717, 1.165) is 6.54 Å². The van der Waals surface area contributed by atoms with Gasteiger partial charge in [-0.05, 0) is 55.7 Å². The second kappa shape index (κ2) is 4.11. The summed E-state index contributed by atoms with van der Waals surface area (Å²) >= 11 is 0. The fourth-order valence-corrected chi connectivity index (χ4v) is 4.15. The van der Waals surface area contributed by atoms with E-state index in [1.165, 1.54) is 25.7 Å². The minimum absolute atomic E-state index is 0.180. The zero-order chi connectivity index (χ0) is 11.9. The number of hydrogen-bond acceptors (Lipinski definition) is 2. The van der Waals surface area contributed by atoms with Gasteiger partial charge in [0.15, 0.2) is 0 Å². The van der Waals surface area contributed by atoms with Gasteiger partial charge in [0, 0.05) is 12.1 Å². The first-order chi connectivity index (χ1) is 8.30. The Morgan fingerprint density at radius 2 is 1.71 bits per heavy atom. The molecule has 1 aromatic carbocycles. The monoisotopic (exact) mass is 230 g/mol. The lowest BCUT2D eigenvalue weighted by molar-refractivity contribution is 0.209. The van der Waals surface area contributed by atoms with Gasteiger partial charge in [0.1, 0.15) is 0 Å². The van der Waals surface area contributed by atoms with Crippen LogP contribution in [-0.2, 0) is 12.8 Å². The fraction of sp³-hybridized carbons (Fsp3) is 0.600. The summed E-state index contributed by atoms with van der Waals surface area (Å²) in [5.74, 6) is 1.43. The molecule has 2 atom stereocenters. The molecule has 1 aromatic rings. The lowest BCUT2D eigenvalue weighted by Gasteiger charge is -2.38. The summed E-state index contributed by atoms with van der Waals surface area (Å²) in [6, 6.07) is 8.93. The second-order valence-corrected chi connectivity index (χ2v) is 5.64. The van der Waals surface area contributed by atoms with Crippen LogP contribution in [0.5, 0.6) is 0 Å². The minimum atomic E-state index is 0.180. The Morgan fingerprint density at radius 1 is 1.18 bits per heavy atom. The molecule has 0 aliphatic heterocycles. The first kappa shape index (κ1) is 11.2. The Kier molecular flexibility index (Phi) is 2.72. The number of benzene rings is 1. The van der Waals surface area contributed by atoms with Crippen molar-refractivity contribution in [3.63, 3.8) is 0 Å². The van der Waals surface area contributed by atoms with Crippen LogP contribution in [0.25, 0.3) is 0 Å². The van der Waals surface area contributed by atoms with Crippen molar-refractivity contribution >= 4 is 0 Å². The third-order valence-corrected chi connectivity index (χ3v) is 5.17. The quantitative estimate of drug-likeness (QED) is 0.812. The van der Waals surface area contributed by atoms with Crippen LogP contribution in [0.15, 0.2) is 24.3 Å². The molecule has 0 aromatic heterocycles. The maximum absolute atomic E-state index is 6.11. The Labute approximate surface area is 104 Å². The lowest BCUT2D eigenvalue weighted by atomic mass is 9.79. The number of hydrogen-bond donors (Lipinski definition) is 2. The van der Waals surface area contributed by atoms with Crippen molar-refractivity contribution < 1.29 is 0 Å². The lowest BCUT2D eigenvalue weighted by Crippen LogP contribution is -2.57. The van der Waals surface area contributed by atoms with Crippen molar-refractivity contribution in [2.75, 3.05) is 13.6 Å². The summed E-state index contributed by atoms with van der Waals surface area (Å²) in [5, 5.41) is 3.58. The Morgan fingerprint density at radius 3 is 2.12 bits per heavy atom. The standard InChI is InChI=1S/C15H22N2/c1-17-15(10-16)13-6-7-14(15)9-12-5-3-2-4-11(12)8-13/h2-5,13-14,17H,6-10,16H2,1H3. The van der Waals surface area contributed by atoms with Crippen molar-refractivity contribution in [3.8, 4) is 0 Å². The van der Waals surface area contributed by atoms with Gasteiger partial charge in [-0.1, -0.05) is 24.3 Å². The van der Waals surface area contributed by atoms with Crippen molar-refractivity contribution in [1.29, 1.82) is 0 Å². The van der Waals surface area contributed by atoms with Crippen LogP contribution >= 0.6 is 0 Å². The second-order valence-electron chi connectivity index (χ2n) is 5.64. The van der Waals surface area contributed by atoms with Crippen molar-refractivity contribution in [2.45, 2.75) is 31.2 Å². The summed E-state index contributed by atoms with van der Waals surface area (Å²) < 4.78 is 0. The van der Waals surface area contributed by atoms with Crippen LogP contribution in [-0.4, -0.2) is 19.1 Å². The highest BCUT2D eigenvalue weighted by Crippen LogP contribution is 2.46. The highest BCUT2D eigenvalue weighted by Gasteiger charge is 2.49. The van der Waals surface area contributed by atoms with Gasteiger partial charge in [-0.2, -0.15) is 0 Å². The first-order valence-electron chi connectivity index (χ1n) is 6.76. The summed E-state index contributed by atoms with van der Waals surface area (Å²) in [4.78, 5) is 0. The molecule has 2 heteroatoms. The molecule has 3 N–H and O–H groups in total. The molecule has 17 heavy (non-hydrogen) atoms. The molecular weight excluding hydrogens is 208 g/mol. The topological polar surface area (TPSA) is 38.0 Å². The molecule has 0 amide bonds. The summed E-state index contributed by atoms with van der Waals surface area (Å²) in [6.07, 6.45) is 5.06. The smallest absolute Gasteiger partial charge is 0.0364 e. The Bertz CT molecular complexity index is 374. The first-order valence-corrected chi connectivity index (χ1v) is 6.76. The molecule has 1 saturated carbocycles. The average Bonchev–Trinajstić information content (AvgIpc) is 2.61. The van der Waals surface area contributed by atoms with Crippen LogP contribution in [0.2, 0.25) is 0 Å². The highest BCUT2D eigenvalue weighted by atomic mass is 15.0. The van der Waals surface area contributed by atoms with Gasteiger partial charge < -0.3 is 11.1 Å². The minimum Gasteiger partial charge on any atom is -0.329 e. The predicted octanol–water partition coefficient (Wildman–Crippen LogP) is 1.73. The van der Waals surface area contributed by atoms with Gasteiger partial charge in [-0.3, -0.25) is 0 Å². The number of nitrogens with one attached hydrogen (secondary N) is 1. The largest absolute Gasteiger partial charge is 0.329 e. The zero-order valence-corrected chi connectivity index (χ0v) is 10.6. The van der Waals surface area contributed by atoms with Crippen LogP contribution in [0.3, 0.4) is 0 Å². The highest BCUT2D eigenvalue weighted by molar-refractivity contribution is 5.32. The van der Waals surface area contributed by atoms with E-state index in [1.807, 2.05) is 0 Å². The van der Waals surface area contributed by atoms with Gasteiger partial charge in [0.25, 0.3) is 0 Å². The maximum Gasteiger partial charge on any atom is 0.0364 e. The molecule has 2 aliphatic carbocycles. The Balaban J connectivity index is 2.02. The van der Waals surface area contributed by atoms with Gasteiger partial charge in [0.2, 0.25) is 0 Å². The maximum atomic E-state index is 6.11. The molecule has 2 bridgehead atoms. The van der Waals surface area contributed by atoms with Crippen LogP contribution < -0.4 is 11.1 Å². The van der Waals surface area contributed by atoms with Crippen LogP contribution in [0, 0.1) is 11.8 Å². The summed E-state index contributed by atoms with van der Waals surface area (Å²) in [6.45, 7) is 0.771. The summed E-state index contributed by atoms with van der Waals surface area (Å²) in [5.41, 5.74) is 9.39. The number of fused-ring (bicyclic) bond motifs is 3. The van der Waals surface area contributed by atoms with Gasteiger partial charge in [-0.25, -0.2) is 0 Å². The molecule has 92 valence electrons. The van der Waals surface area contributed by atoms with Crippen LogP contribution in [0.4, 0.5) is 0 Å². The zero-order valence-electron chi connectivity index (χ0n) is 10.6. The van der Waals surface area contributed by atoms with E-state index in [2.05, 4.69) is 36.6 Å². The normalized spacial score (nSPS) is 35.4. The molecule has 0 heterocycles. The molecule has 0 radical (unpaired) electrons. The van der Waals surface area contributed by atoms with Gasteiger partial charge in [0.05, 0.1) is 0 Å². The van der Waals surface area contributed by atoms with E-state index >= 15 is 0 Å². The average molecular weight is 230 g/mol. The molecule has 2 nitrogen and oxygen atoms in total. The van der Waals surface area contributed by atoms with E-state index in [1.54, 1.807) is 11.1 Å². The third kappa shape index (κ3) is 1.54. The van der Waals surface area contributed by atoms with E-state index in [4.69, 9.17) is 5.73 Å². The van der Waals surface area contributed by atoms with E-state index < -0.39 is 0 Å². The van der Waals surface area contributed by atoms with Crippen molar-refractivity contribution in [2.24, 2.45) is 17.6 Å². The van der Waals surface area contributed by atoms with Crippen molar-refractivity contribution in [3.05, 3.63) is 35.4 Å². The van der Waals surface area contributed by atoms with E-state index in [-0.39, 0.29) is 5.54 Å². The third-order valence-electron chi connectivity index (χ3n) is 5.17. The molecule has 2 unspecified atom stereocenters. The molecular formula is C15H22N2. The molecule has 0 spiro atoms. The predicted molar refractivity (Wildman–Crippen MR) is 70.9 cm³/mol. The number of likely N-dealkylation sites (N-methyl/N-ethyl adjacent to an activating group) is 1. The van der Waals surface area contributed by atoms with Crippen molar-refractivity contribution in [1.82, 2.24) is 5.32 Å². The summed E-state index contributed by atoms with van der Waals surface area (Å²) in [7, 11) is 2.09. The van der Waals surface area contributed by atoms with Gasteiger partial charge in [-0.15, -0.1) is 0 Å². The molecule has 3 rings (SSSR count). The number of rotatable bonds is 2. The van der Waals surface area contributed by atoms with Crippen LogP contribution in [0.1, 0.15) is 24.0 Å². The van der Waals surface area contributed by atoms with E-state index in [0.29, 0.717) is 11.8 Å². The van der Waals surface area contributed by atoms with E-state index in [9.17, 15) is 0 Å². The Hall–Kier alpha value is -0.860. The number of nitrogens with two attached hydrogens (primary N) is 1. The molecule has 0 saturated heterocycles. The molecule has 1 fully saturated rings. The SMILES string of the molecule is CNC1(CN)C2CCC1Cc1ccccc1C2. The van der Waals surface area contributed by atoms with Gasteiger partial charge >= 0.3 is 0 Å².